The van der Waals surface area contributed by atoms with Crippen LogP contribution < -0.4 is 0 Å². The fraction of sp³-hybridized carbons (Fsp3) is 0.333. The van der Waals surface area contributed by atoms with E-state index in [0.717, 1.165) is 0 Å². The van der Waals surface area contributed by atoms with Gasteiger partial charge in [0.2, 0.25) is 0 Å². The number of hydrogen-bond acceptors (Lipinski definition) is 4. The van der Waals surface area contributed by atoms with Crippen molar-refractivity contribution in [1.82, 2.24) is 0 Å². The summed E-state index contributed by atoms with van der Waals surface area (Å²) in [5, 5.41) is 8.04. The van der Waals surface area contributed by atoms with Crippen LogP contribution in [0.5, 0.6) is 0 Å². The summed E-state index contributed by atoms with van der Waals surface area (Å²) < 4.78 is 3.70. The molecule has 4 nitrogen and oxygen atoms in total. The van der Waals surface area contributed by atoms with Crippen molar-refractivity contribution in [3.05, 3.63) is 0 Å². The van der Waals surface area contributed by atoms with Crippen molar-refractivity contribution in [1.29, 1.82) is 0 Å². The summed E-state index contributed by atoms with van der Waals surface area (Å²) in [5.41, 5.74) is 0. The lowest BCUT2D eigenvalue weighted by atomic mass is 10.7. The van der Waals surface area contributed by atoms with E-state index in [1.165, 1.54) is 0 Å². The molecule has 0 aromatic heterocycles. The zero-order valence-electron chi connectivity index (χ0n) is 3.40. The van der Waals surface area contributed by atoms with Gasteiger partial charge in [-0.25, -0.2) is 0 Å². The van der Waals surface area contributed by atoms with Crippen LogP contribution in [0.2, 0.25) is 0 Å². The van der Waals surface area contributed by atoms with Gasteiger partial charge in [0.25, 0.3) is 12.8 Å². The lowest BCUT2D eigenvalue weighted by molar-refractivity contribution is -0.157. The van der Waals surface area contributed by atoms with Crippen LogP contribution in [0, 0.1) is 0 Å². The standard InChI is InChI=1S/C3H4O4/c4-1-3(6)7-2-5/h1-3,6H. The van der Waals surface area contributed by atoms with Crippen LogP contribution in [0.3, 0.4) is 0 Å². The summed E-state index contributed by atoms with van der Waals surface area (Å²) in [7, 11) is 0. The van der Waals surface area contributed by atoms with Crippen LogP contribution in [0.25, 0.3) is 0 Å². The van der Waals surface area contributed by atoms with Gasteiger partial charge in [-0.15, -0.1) is 0 Å². The molecule has 0 radical (unpaired) electrons. The minimum absolute atomic E-state index is 0.000926. The minimum Gasteiger partial charge on any atom is -0.431 e. The maximum Gasteiger partial charge on any atom is 0.295 e. The van der Waals surface area contributed by atoms with Crippen molar-refractivity contribution in [2.75, 3.05) is 0 Å². The number of carbonyl (C=O) groups is 2. The highest BCUT2D eigenvalue weighted by Gasteiger charge is 1.95. The summed E-state index contributed by atoms with van der Waals surface area (Å²) in [5.74, 6) is 0. The first-order valence-corrected chi connectivity index (χ1v) is 1.53. The Morgan fingerprint density at radius 2 is 2.14 bits per heavy atom. The van der Waals surface area contributed by atoms with Gasteiger partial charge in [-0.1, -0.05) is 0 Å². The van der Waals surface area contributed by atoms with E-state index in [2.05, 4.69) is 4.74 Å². The lowest BCUT2D eigenvalue weighted by Crippen LogP contribution is -2.10. The largest absolute Gasteiger partial charge is 0.431 e. The minimum atomic E-state index is -1.60. The molecule has 0 aromatic rings. The predicted molar refractivity (Wildman–Crippen MR) is 19.2 cm³/mol. The second-order valence-electron chi connectivity index (χ2n) is 0.759. The van der Waals surface area contributed by atoms with Gasteiger partial charge in [-0.2, -0.15) is 0 Å². The highest BCUT2D eigenvalue weighted by molar-refractivity contribution is 5.56. The molecular weight excluding hydrogens is 100 g/mol. The lowest BCUT2D eigenvalue weighted by Gasteiger charge is -1.94. The van der Waals surface area contributed by atoms with Crippen molar-refractivity contribution < 1.29 is 19.4 Å². The average molecular weight is 104 g/mol. The number of rotatable bonds is 3. The normalized spacial score (nSPS) is 12.1. The Kier molecular flexibility index (Phi) is 2.87. The van der Waals surface area contributed by atoms with Crippen LogP contribution in [0.4, 0.5) is 0 Å². The van der Waals surface area contributed by atoms with Gasteiger partial charge in [-0.05, 0) is 0 Å². The predicted octanol–water partition coefficient (Wildman–Crippen LogP) is -1.32. The molecule has 0 rings (SSSR count). The van der Waals surface area contributed by atoms with Crippen LogP contribution in [-0.2, 0) is 14.3 Å². The van der Waals surface area contributed by atoms with Crippen molar-refractivity contribution in [3.63, 3.8) is 0 Å². The molecule has 0 fully saturated rings. The molecule has 4 heteroatoms. The fourth-order valence-electron chi connectivity index (χ4n) is 0.0890. The summed E-state index contributed by atoms with van der Waals surface area (Å²) in [6, 6.07) is 0. The molecule has 40 valence electrons. The Morgan fingerprint density at radius 3 is 2.29 bits per heavy atom. The molecule has 0 aliphatic rings. The number of aliphatic hydroxyl groups is 1. The first-order valence-electron chi connectivity index (χ1n) is 1.53. The Labute approximate surface area is 39.7 Å². The first kappa shape index (κ1) is 6.10. The van der Waals surface area contributed by atoms with Gasteiger partial charge < -0.3 is 9.84 Å². The smallest absolute Gasteiger partial charge is 0.295 e. The molecule has 0 amide bonds. The van der Waals surface area contributed by atoms with Crippen molar-refractivity contribution in [3.8, 4) is 0 Å². The van der Waals surface area contributed by atoms with Crippen molar-refractivity contribution >= 4 is 12.8 Å². The average Bonchev–Trinajstić information content (AvgIpc) is 1.68. The molecule has 0 aromatic carbocycles. The van der Waals surface area contributed by atoms with Gasteiger partial charge in [0, 0.05) is 0 Å². The highest BCUT2D eigenvalue weighted by atomic mass is 16.6. The molecular formula is C3H4O4. The first-order chi connectivity index (χ1) is 3.31. The zero-order valence-corrected chi connectivity index (χ0v) is 3.40. The summed E-state index contributed by atoms with van der Waals surface area (Å²) in [6.45, 7) is -0.000926. The van der Waals surface area contributed by atoms with Gasteiger partial charge >= 0.3 is 0 Å². The van der Waals surface area contributed by atoms with E-state index in [0.29, 0.717) is 0 Å². The number of hydrogen-bond donors (Lipinski definition) is 1. The SMILES string of the molecule is O=COC(O)C=O. The van der Waals surface area contributed by atoms with E-state index in [1.807, 2.05) is 0 Å². The number of aliphatic hydroxyl groups excluding tert-OH is 1. The van der Waals surface area contributed by atoms with Gasteiger partial charge in [0.05, 0.1) is 0 Å². The quantitative estimate of drug-likeness (QED) is 0.356. The number of carbonyl (C=O) groups excluding carboxylic acids is 2. The fourth-order valence-corrected chi connectivity index (χ4v) is 0.0890. The van der Waals surface area contributed by atoms with Crippen LogP contribution in [0.1, 0.15) is 0 Å². The molecule has 7 heavy (non-hydrogen) atoms. The summed E-state index contributed by atoms with van der Waals surface area (Å²) in [6.07, 6.45) is -1.49. The van der Waals surface area contributed by atoms with E-state index >= 15 is 0 Å². The third-order valence-corrected chi connectivity index (χ3v) is 0.311. The van der Waals surface area contributed by atoms with Gasteiger partial charge in [-0.3, -0.25) is 9.59 Å². The molecule has 0 aliphatic heterocycles. The molecule has 0 aliphatic carbocycles. The molecule has 0 saturated carbocycles. The zero-order chi connectivity index (χ0) is 5.70. The van der Waals surface area contributed by atoms with Gasteiger partial charge in [0.15, 0.2) is 6.29 Å². The van der Waals surface area contributed by atoms with Crippen LogP contribution in [-0.4, -0.2) is 24.2 Å². The maximum absolute atomic E-state index is 9.36. The third kappa shape index (κ3) is 2.92. The molecule has 0 saturated heterocycles. The Morgan fingerprint density at radius 1 is 1.57 bits per heavy atom. The number of aldehydes is 1. The highest BCUT2D eigenvalue weighted by Crippen LogP contribution is 1.71. The molecule has 1 atom stereocenters. The summed E-state index contributed by atoms with van der Waals surface area (Å²) >= 11 is 0. The van der Waals surface area contributed by atoms with Crippen LogP contribution in [0.15, 0.2) is 0 Å². The Balaban J connectivity index is 3.15. The van der Waals surface area contributed by atoms with E-state index in [9.17, 15) is 9.59 Å². The second kappa shape index (κ2) is 3.30. The Hall–Kier alpha value is -0.900. The molecule has 1 N–H and O–H groups in total. The molecule has 1 unspecified atom stereocenters. The van der Waals surface area contributed by atoms with E-state index in [-0.39, 0.29) is 12.8 Å². The molecule has 0 heterocycles. The van der Waals surface area contributed by atoms with E-state index in [1.54, 1.807) is 0 Å². The third-order valence-electron chi connectivity index (χ3n) is 0.311. The molecule has 0 spiro atoms. The van der Waals surface area contributed by atoms with Crippen molar-refractivity contribution in [2.24, 2.45) is 0 Å². The van der Waals surface area contributed by atoms with Crippen molar-refractivity contribution in [2.45, 2.75) is 6.29 Å². The molecule has 0 bridgehead atoms. The summed E-state index contributed by atoms with van der Waals surface area (Å²) in [4.78, 5) is 18.6. The van der Waals surface area contributed by atoms with Crippen LogP contribution >= 0.6 is 0 Å². The monoisotopic (exact) mass is 104 g/mol. The van der Waals surface area contributed by atoms with E-state index < -0.39 is 6.29 Å². The Bertz CT molecular complexity index is 69.3. The number of ether oxygens (including phenoxy) is 1. The maximum atomic E-state index is 9.36. The topological polar surface area (TPSA) is 63.6 Å². The second-order valence-corrected chi connectivity index (χ2v) is 0.759. The van der Waals surface area contributed by atoms with Gasteiger partial charge in [0.1, 0.15) is 0 Å². The van der Waals surface area contributed by atoms with E-state index in [4.69, 9.17) is 5.11 Å².